The first-order chi connectivity index (χ1) is 17.6. The van der Waals surface area contributed by atoms with E-state index >= 15 is 0 Å². The third-order valence-electron chi connectivity index (χ3n) is 6.91. The Labute approximate surface area is 223 Å². The molecule has 1 aliphatic rings. The van der Waals surface area contributed by atoms with Gasteiger partial charge in [0.25, 0.3) is 0 Å². The van der Waals surface area contributed by atoms with Gasteiger partial charge in [0.2, 0.25) is 0 Å². The molecule has 3 aromatic carbocycles. The van der Waals surface area contributed by atoms with Crippen LogP contribution in [0.1, 0.15) is 14.6 Å². The monoisotopic (exact) mass is 522 g/mol. The van der Waals surface area contributed by atoms with Gasteiger partial charge in [0, 0.05) is 45.1 Å². The zero-order chi connectivity index (χ0) is 24.4. The molecule has 1 fully saturated rings. The molecule has 4 heterocycles. The van der Waals surface area contributed by atoms with Crippen LogP contribution in [0, 0.1) is 20.8 Å². The number of fused-ring (bicyclic) bond motifs is 3. The minimum Gasteiger partial charge on any atom is -0.444 e. The zero-order valence-corrected chi connectivity index (χ0v) is 22.6. The first-order valence-electron chi connectivity index (χ1n) is 12.0. The predicted octanol–water partition coefficient (Wildman–Crippen LogP) is 5.81. The highest BCUT2D eigenvalue weighted by Crippen LogP contribution is 2.30. The molecule has 9 heteroatoms. The Morgan fingerprint density at radius 1 is 0.444 bits per heavy atom. The van der Waals surface area contributed by atoms with E-state index in [9.17, 15) is 0 Å². The highest BCUT2D eigenvalue weighted by atomic mass is 32.1. The topological polar surface area (TPSA) is 27.7 Å². The summed E-state index contributed by atoms with van der Waals surface area (Å²) in [5, 5.41) is 3.55. The van der Waals surface area contributed by atoms with Crippen LogP contribution < -0.4 is 16.4 Å². The molecule has 0 N–H and O–H groups in total. The van der Waals surface area contributed by atoms with Crippen molar-refractivity contribution in [3.05, 3.63) is 87.4 Å². The van der Waals surface area contributed by atoms with E-state index in [-0.39, 0.29) is 0 Å². The Balaban J connectivity index is 1.41. The lowest BCUT2D eigenvalue weighted by Crippen LogP contribution is -2.62. The maximum Gasteiger partial charge on any atom is 0.468 e. The number of hydrogen-bond donors (Lipinski definition) is 0. The molecular formula is C27H21B3O3S3. The van der Waals surface area contributed by atoms with Gasteiger partial charge in [-0.3, -0.25) is 0 Å². The summed E-state index contributed by atoms with van der Waals surface area (Å²) in [7, 11) is -1.62. The Hall–Kier alpha value is -2.39. The maximum atomic E-state index is 6.71. The lowest BCUT2D eigenvalue weighted by molar-refractivity contribution is 0.309. The van der Waals surface area contributed by atoms with Crippen LogP contribution in [0.25, 0.3) is 30.3 Å². The smallest absolute Gasteiger partial charge is 0.444 e. The van der Waals surface area contributed by atoms with Gasteiger partial charge in [0.1, 0.15) is 0 Å². The van der Waals surface area contributed by atoms with Gasteiger partial charge < -0.3 is 13.7 Å². The van der Waals surface area contributed by atoms with E-state index in [1.165, 1.54) is 44.9 Å². The fourth-order valence-corrected chi connectivity index (χ4v) is 8.52. The molecule has 3 nitrogen and oxygen atoms in total. The average Bonchev–Trinajstić information content (AvgIpc) is 3.51. The molecule has 6 aromatic rings. The largest absolute Gasteiger partial charge is 0.468 e. The summed E-state index contributed by atoms with van der Waals surface area (Å²) in [5.41, 5.74) is 3.30. The second-order valence-corrected chi connectivity index (χ2v) is 12.9. The van der Waals surface area contributed by atoms with Crippen molar-refractivity contribution in [2.75, 3.05) is 0 Å². The predicted molar refractivity (Wildman–Crippen MR) is 159 cm³/mol. The summed E-state index contributed by atoms with van der Waals surface area (Å²) in [5.74, 6) is 0. The summed E-state index contributed by atoms with van der Waals surface area (Å²) >= 11 is 5.35. The number of benzene rings is 3. The summed E-state index contributed by atoms with van der Waals surface area (Å²) in [6.07, 6.45) is 0. The van der Waals surface area contributed by atoms with Crippen LogP contribution in [0.2, 0.25) is 0 Å². The van der Waals surface area contributed by atoms with Crippen molar-refractivity contribution in [1.82, 2.24) is 0 Å². The first-order valence-corrected chi connectivity index (χ1v) is 14.4. The molecule has 0 atom stereocenters. The van der Waals surface area contributed by atoms with Crippen LogP contribution >= 0.6 is 34.0 Å². The summed E-state index contributed by atoms with van der Waals surface area (Å²) in [6.45, 7) is 6.47. The molecule has 0 saturated carbocycles. The van der Waals surface area contributed by atoms with Crippen LogP contribution in [-0.4, -0.2) is 21.4 Å². The zero-order valence-electron chi connectivity index (χ0n) is 20.1. The van der Waals surface area contributed by atoms with Gasteiger partial charge in [-0.15, -0.1) is 34.0 Å². The van der Waals surface area contributed by atoms with Gasteiger partial charge in [-0.05, 0) is 55.1 Å². The fraction of sp³-hybridized carbons (Fsp3) is 0.111. The van der Waals surface area contributed by atoms with Crippen LogP contribution in [0.4, 0.5) is 0 Å². The van der Waals surface area contributed by atoms with E-state index in [0.717, 1.165) is 16.4 Å². The average molecular weight is 522 g/mol. The Kier molecular flexibility index (Phi) is 5.62. The van der Waals surface area contributed by atoms with Gasteiger partial charge >= 0.3 is 21.4 Å². The molecule has 0 aliphatic carbocycles. The van der Waals surface area contributed by atoms with Crippen molar-refractivity contribution in [2.45, 2.75) is 20.8 Å². The Morgan fingerprint density at radius 2 is 0.722 bits per heavy atom. The highest BCUT2D eigenvalue weighted by Gasteiger charge is 2.47. The van der Waals surface area contributed by atoms with Gasteiger partial charge in [-0.25, -0.2) is 0 Å². The molecule has 3 aromatic heterocycles. The Morgan fingerprint density at radius 3 is 1.03 bits per heavy atom. The molecule has 1 saturated heterocycles. The maximum absolute atomic E-state index is 6.71. The fourth-order valence-electron chi connectivity index (χ4n) is 5.28. The molecule has 0 amide bonds. The van der Waals surface area contributed by atoms with E-state index < -0.39 is 21.4 Å². The van der Waals surface area contributed by atoms with Gasteiger partial charge in [0.05, 0.1) is 0 Å². The van der Waals surface area contributed by atoms with Crippen molar-refractivity contribution in [3.8, 4) is 0 Å². The number of thiophene rings is 3. The van der Waals surface area contributed by atoms with Crippen molar-refractivity contribution in [2.24, 2.45) is 0 Å². The quantitative estimate of drug-likeness (QED) is 0.275. The molecule has 0 radical (unpaired) electrons. The second-order valence-electron chi connectivity index (χ2n) is 9.11. The van der Waals surface area contributed by atoms with Gasteiger partial charge in [-0.2, -0.15) is 0 Å². The molecule has 7 rings (SSSR count). The number of rotatable bonds is 3. The summed E-state index contributed by atoms with van der Waals surface area (Å²) in [6, 6.07) is 25.5. The standard InChI is InChI=1S/C27H21B3O3S3/c1-16-25(19-10-4-7-13-22(19)34-16)28-31-29(26-17(2)35-23-14-8-5-11-20(23)26)33-30(32-28)27-18(3)36-24-15-9-6-12-21(24)27/h4-15H,1-3H3. The third kappa shape index (κ3) is 3.61. The van der Waals surface area contributed by atoms with Gasteiger partial charge in [0.15, 0.2) is 0 Å². The van der Waals surface area contributed by atoms with E-state index in [0.29, 0.717) is 0 Å². The first kappa shape index (κ1) is 22.8. The molecule has 0 spiro atoms. The minimum absolute atomic E-state index is 0.541. The van der Waals surface area contributed by atoms with E-state index in [2.05, 4.69) is 93.6 Å². The Bertz CT molecular complexity index is 1540. The molecule has 1 aliphatic heterocycles. The van der Waals surface area contributed by atoms with E-state index in [1.807, 2.05) is 0 Å². The second kappa shape index (κ2) is 8.87. The van der Waals surface area contributed by atoms with Crippen molar-refractivity contribution in [3.63, 3.8) is 0 Å². The third-order valence-corrected chi connectivity index (χ3v) is 10.2. The lowest BCUT2D eigenvalue weighted by Gasteiger charge is -2.32. The van der Waals surface area contributed by atoms with E-state index in [1.54, 1.807) is 34.0 Å². The van der Waals surface area contributed by atoms with Crippen LogP contribution in [0.3, 0.4) is 0 Å². The normalized spacial score (nSPS) is 14.6. The van der Waals surface area contributed by atoms with Crippen molar-refractivity contribution < 1.29 is 13.7 Å². The van der Waals surface area contributed by atoms with Crippen LogP contribution in [0.5, 0.6) is 0 Å². The SMILES string of the molecule is Cc1sc2ccccc2c1B1OB(c2c(C)sc3ccccc23)OB(c2c(C)sc3ccccc23)O1. The van der Waals surface area contributed by atoms with Crippen LogP contribution in [-0.2, 0) is 13.7 Å². The molecular weight excluding hydrogens is 501 g/mol. The highest BCUT2D eigenvalue weighted by molar-refractivity contribution is 7.22. The minimum atomic E-state index is -0.541. The lowest BCUT2D eigenvalue weighted by atomic mass is 9.60. The van der Waals surface area contributed by atoms with E-state index in [4.69, 9.17) is 13.7 Å². The van der Waals surface area contributed by atoms with Crippen molar-refractivity contribution in [1.29, 1.82) is 0 Å². The summed E-state index contributed by atoms with van der Waals surface area (Å²) < 4.78 is 23.8. The molecule has 0 bridgehead atoms. The van der Waals surface area contributed by atoms with Crippen molar-refractivity contribution >= 4 is 102 Å². The number of aryl methyl sites for hydroxylation is 3. The molecule has 0 unspecified atom stereocenters. The molecule has 174 valence electrons. The van der Waals surface area contributed by atoms with Crippen LogP contribution in [0.15, 0.2) is 72.8 Å². The summed E-state index contributed by atoms with van der Waals surface area (Å²) in [4.78, 5) is 3.62. The molecule has 36 heavy (non-hydrogen) atoms. The van der Waals surface area contributed by atoms with Gasteiger partial charge in [-0.1, -0.05) is 54.6 Å². The number of hydrogen-bond acceptors (Lipinski definition) is 6.